The fraction of sp³-hybridized carbons (Fsp3) is 0.0625. The second-order valence-electron chi connectivity index (χ2n) is 5.69. The van der Waals surface area contributed by atoms with Crippen molar-refractivity contribution in [3.63, 3.8) is 0 Å². The number of aromatic hydroxyl groups is 1. The summed E-state index contributed by atoms with van der Waals surface area (Å²) in [4.78, 5) is -1.03. The number of hydrogen-bond donors (Lipinski definition) is 4. The van der Waals surface area contributed by atoms with Crippen molar-refractivity contribution >= 4 is 44.0 Å². The molecule has 1 aromatic heterocycles. The number of nitrogens with two attached hydrogens (primary N) is 1. The zero-order valence-corrected chi connectivity index (χ0v) is 16.7. The summed E-state index contributed by atoms with van der Waals surface area (Å²) in [6, 6.07) is 6.10. The van der Waals surface area contributed by atoms with Gasteiger partial charge < -0.3 is 10.4 Å². The molecule has 0 fully saturated rings. The highest BCUT2D eigenvalue weighted by Crippen LogP contribution is 2.40. The quantitative estimate of drug-likeness (QED) is 0.405. The molecule has 0 saturated heterocycles. The minimum atomic E-state index is -4.54. The van der Waals surface area contributed by atoms with Gasteiger partial charge in [0.1, 0.15) is 4.90 Å². The lowest BCUT2D eigenvalue weighted by atomic mass is 10.0. The smallest absolute Gasteiger partial charge is 0.241 e. The number of aromatic amines is 1. The lowest BCUT2D eigenvalue weighted by Gasteiger charge is -2.16. The summed E-state index contributed by atoms with van der Waals surface area (Å²) in [7, 11) is -4.54. The van der Waals surface area contributed by atoms with Gasteiger partial charge in [0.25, 0.3) is 0 Å². The Labute approximate surface area is 166 Å². The molecule has 0 aliphatic heterocycles. The molecular weight excluding hydrogens is 493 g/mol. The summed E-state index contributed by atoms with van der Waals surface area (Å²) in [5.41, 5.74) is 0.716. The number of H-pyrrole nitrogens is 1. The summed E-state index contributed by atoms with van der Waals surface area (Å²) < 4.78 is 53.4. The number of nitrogens with one attached hydrogen (secondary N) is 2. The third-order valence-electron chi connectivity index (χ3n) is 3.84. The molecule has 0 aliphatic rings. The van der Waals surface area contributed by atoms with Gasteiger partial charge in [0.05, 0.1) is 17.4 Å². The first-order valence-corrected chi connectivity index (χ1v) is 10.0. The molecule has 0 saturated carbocycles. The van der Waals surface area contributed by atoms with Crippen LogP contribution in [0.4, 0.5) is 20.2 Å². The van der Waals surface area contributed by atoms with Crippen LogP contribution in [-0.2, 0) is 10.0 Å². The van der Waals surface area contributed by atoms with E-state index in [-0.39, 0.29) is 16.8 Å². The fourth-order valence-corrected chi connectivity index (χ4v) is 3.79. The van der Waals surface area contributed by atoms with Gasteiger partial charge in [-0.1, -0.05) is 0 Å². The molecule has 3 aromatic rings. The van der Waals surface area contributed by atoms with Gasteiger partial charge in [-0.3, -0.25) is 0 Å². The normalized spacial score (nSPS) is 11.6. The summed E-state index contributed by atoms with van der Waals surface area (Å²) in [6.07, 6.45) is 1.15. The molecule has 2 aromatic carbocycles. The number of anilines is 2. The number of aryl methyl sites for hydroxylation is 1. The molecular formula is C16H13F2IN4O3S. The Morgan fingerprint density at radius 2 is 1.93 bits per heavy atom. The Hall–Kier alpha value is -2.25. The average Bonchev–Trinajstić information content (AvgIpc) is 2.99. The van der Waals surface area contributed by atoms with Gasteiger partial charge in [-0.05, 0) is 59.3 Å². The van der Waals surface area contributed by atoms with Crippen LogP contribution in [0.5, 0.6) is 5.88 Å². The third-order valence-corrected chi connectivity index (χ3v) is 5.42. The van der Waals surface area contributed by atoms with E-state index >= 15 is 0 Å². The van der Waals surface area contributed by atoms with Gasteiger partial charge in [0, 0.05) is 14.8 Å². The topological polar surface area (TPSA) is 121 Å². The van der Waals surface area contributed by atoms with E-state index in [4.69, 9.17) is 5.14 Å². The lowest BCUT2D eigenvalue weighted by molar-refractivity contribution is 0.453. The van der Waals surface area contributed by atoms with Gasteiger partial charge >= 0.3 is 0 Å². The molecule has 0 unspecified atom stereocenters. The Morgan fingerprint density at radius 3 is 2.48 bits per heavy atom. The Balaban J connectivity index is 2.29. The molecule has 0 aliphatic carbocycles. The maximum atomic E-state index is 14.8. The largest absolute Gasteiger partial charge is 0.493 e. The van der Waals surface area contributed by atoms with Crippen LogP contribution < -0.4 is 10.5 Å². The van der Waals surface area contributed by atoms with E-state index in [2.05, 4.69) is 38.1 Å². The molecule has 0 atom stereocenters. The van der Waals surface area contributed by atoms with Crippen LogP contribution in [0.25, 0.3) is 11.1 Å². The van der Waals surface area contributed by atoms with Crippen molar-refractivity contribution < 1.29 is 22.3 Å². The average molecular weight is 506 g/mol. The van der Waals surface area contributed by atoms with E-state index in [1.54, 1.807) is 19.1 Å². The minimum absolute atomic E-state index is 0.0236. The molecule has 1 heterocycles. The number of hydrogen-bond acceptors (Lipinski definition) is 5. The van der Waals surface area contributed by atoms with Gasteiger partial charge in [0.15, 0.2) is 11.6 Å². The molecule has 11 heteroatoms. The first-order chi connectivity index (χ1) is 12.6. The molecule has 0 radical (unpaired) electrons. The standard InChI is InChI=1S/C16H13F2IN4O3S/c1-7-4-8(19)2-3-11(7)22-15-9(10-6-21-23-16(10)24)5-12(27(20,25)26)13(17)14(15)18/h2-6,22H,1H3,(H2,20,25,26)(H2,21,23,24). The molecule has 142 valence electrons. The van der Waals surface area contributed by atoms with E-state index in [1.165, 1.54) is 0 Å². The fourth-order valence-electron chi connectivity index (χ4n) is 2.52. The van der Waals surface area contributed by atoms with Gasteiger partial charge in [-0.25, -0.2) is 27.4 Å². The number of nitrogens with zero attached hydrogens (tertiary/aromatic N) is 1. The van der Waals surface area contributed by atoms with Gasteiger partial charge in [0.2, 0.25) is 15.9 Å². The predicted molar refractivity (Wildman–Crippen MR) is 104 cm³/mol. The minimum Gasteiger partial charge on any atom is -0.493 e. The van der Waals surface area contributed by atoms with E-state index in [0.717, 1.165) is 21.4 Å². The van der Waals surface area contributed by atoms with Crippen LogP contribution in [0, 0.1) is 22.1 Å². The summed E-state index contributed by atoms with van der Waals surface area (Å²) in [5.74, 6) is -3.51. The maximum Gasteiger partial charge on any atom is 0.241 e. The monoisotopic (exact) mass is 506 g/mol. The SMILES string of the molecule is Cc1cc(I)ccc1Nc1c(-c2cn[nH]c2O)cc(S(N)(=O)=O)c(F)c1F. The van der Waals surface area contributed by atoms with Crippen molar-refractivity contribution in [2.75, 3.05) is 5.32 Å². The van der Waals surface area contributed by atoms with Crippen LogP contribution in [0.3, 0.4) is 0 Å². The Kier molecular flexibility index (Phi) is 5.10. The second kappa shape index (κ2) is 7.05. The molecule has 3 rings (SSSR count). The molecule has 7 nitrogen and oxygen atoms in total. The van der Waals surface area contributed by atoms with Crippen LogP contribution >= 0.6 is 22.6 Å². The Bertz CT molecular complexity index is 1150. The summed E-state index contributed by atoms with van der Waals surface area (Å²) in [5, 5.41) is 23.5. The van der Waals surface area contributed by atoms with E-state index in [0.29, 0.717) is 5.69 Å². The number of benzene rings is 2. The van der Waals surface area contributed by atoms with Crippen LogP contribution in [0.2, 0.25) is 0 Å². The van der Waals surface area contributed by atoms with Crippen molar-refractivity contribution in [3.8, 4) is 17.0 Å². The predicted octanol–water partition coefficient (Wildman–Crippen LogP) is 3.36. The zero-order chi connectivity index (χ0) is 19.9. The van der Waals surface area contributed by atoms with Crippen LogP contribution in [-0.4, -0.2) is 23.7 Å². The number of rotatable bonds is 4. The van der Waals surface area contributed by atoms with Gasteiger partial charge in [-0.15, -0.1) is 0 Å². The van der Waals surface area contributed by atoms with Crippen LogP contribution in [0.15, 0.2) is 35.4 Å². The van der Waals surface area contributed by atoms with Gasteiger partial charge in [-0.2, -0.15) is 5.10 Å². The highest BCUT2D eigenvalue weighted by atomic mass is 127. The third kappa shape index (κ3) is 3.75. The van der Waals surface area contributed by atoms with E-state index < -0.39 is 32.4 Å². The van der Waals surface area contributed by atoms with E-state index in [1.807, 2.05) is 6.07 Å². The second-order valence-corrected chi connectivity index (χ2v) is 8.46. The first-order valence-electron chi connectivity index (χ1n) is 7.40. The van der Waals surface area contributed by atoms with Crippen molar-refractivity contribution in [2.45, 2.75) is 11.8 Å². The van der Waals surface area contributed by atoms with Crippen molar-refractivity contribution in [1.29, 1.82) is 0 Å². The van der Waals surface area contributed by atoms with Crippen molar-refractivity contribution in [1.82, 2.24) is 10.2 Å². The highest BCUT2D eigenvalue weighted by molar-refractivity contribution is 14.1. The molecule has 0 amide bonds. The van der Waals surface area contributed by atoms with Crippen LogP contribution in [0.1, 0.15) is 5.56 Å². The van der Waals surface area contributed by atoms with Crippen molar-refractivity contribution in [3.05, 3.63) is 51.2 Å². The molecule has 0 spiro atoms. The lowest BCUT2D eigenvalue weighted by Crippen LogP contribution is -2.16. The molecule has 5 N–H and O–H groups in total. The van der Waals surface area contributed by atoms with Crippen molar-refractivity contribution in [2.24, 2.45) is 5.14 Å². The summed E-state index contributed by atoms with van der Waals surface area (Å²) >= 11 is 2.11. The number of sulfonamides is 1. The maximum absolute atomic E-state index is 14.8. The first kappa shape index (κ1) is 19.5. The molecule has 27 heavy (non-hydrogen) atoms. The molecule has 0 bridgehead atoms. The number of aromatic nitrogens is 2. The zero-order valence-electron chi connectivity index (χ0n) is 13.7. The van der Waals surface area contributed by atoms with E-state index in [9.17, 15) is 22.3 Å². The number of halogens is 3. The number of primary sulfonamides is 1. The highest BCUT2D eigenvalue weighted by Gasteiger charge is 2.27. The summed E-state index contributed by atoms with van der Waals surface area (Å²) in [6.45, 7) is 1.77. The Morgan fingerprint density at radius 1 is 1.22 bits per heavy atom.